The average molecular weight is 901 g/mol. The number of thioether (sulfide) groups is 1. The maximum absolute atomic E-state index is 14.0. The van der Waals surface area contributed by atoms with E-state index >= 15 is 0 Å². The highest BCUT2D eigenvalue weighted by Gasteiger charge is 2.48. The van der Waals surface area contributed by atoms with Crippen LogP contribution in [0.15, 0.2) is 136 Å². The second kappa shape index (κ2) is 19.4. The van der Waals surface area contributed by atoms with Crippen molar-refractivity contribution in [2.75, 3.05) is 42.7 Å². The number of hydrogen-bond acceptors (Lipinski definition) is 10. The van der Waals surface area contributed by atoms with Crippen molar-refractivity contribution < 1.29 is 39.9 Å². The van der Waals surface area contributed by atoms with Gasteiger partial charge in [-0.2, -0.15) is 13.2 Å². The lowest BCUT2D eigenvalue weighted by atomic mass is 9.84. The number of aliphatic hydroxyl groups is 1. The zero-order valence-electron chi connectivity index (χ0n) is 32.4. The average Bonchev–Trinajstić information content (AvgIpc) is 3.24. The number of sulfone groups is 1. The molecule has 1 amide bonds. The molecule has 1 aliphatic rings. The van der Waals surface area contributed by atoms with Crippen molar-refractivity contribution in [1.29, 1.82) is 0 Å². The van der Waals surface area contributed by atoms with E-state index in [2.05, 4.69) is 15.5 Å². The molecular formula is C43H44ClF3N4O6S3. The SMILES string of the molecule is CNCCC(CSc1ccccc1)Nc1ccc(S(=O)(=O)NC(=O)c2ccc(N3CCC([C@H](O)c4ccccc4-c4ccc(Cl)cc4)CC3)cc2)cc1S(=O)(=O)C(F)(F)F. The van der Waals surface area contributed by atoms with Crippen LogP contribution in [0.2, 0.25) is 5.02 Å². The van der Waals surface area contributed by atoms with Gasteiger partial charge in [0.05, 0.1) is 16.7 Å². The Kier molecular flexibility index (Phi) is 14.6. The van der Waals surface area contributed by atoms with Crippen LogP contribution in [-0.4, -0.2) is 71.8 Å². The number of carbonyl (C=O) groups excluding carboxylic acids is 1. The highest BCUT2D eigenvalue weighted by atomic mass is 35.5. The van der Waals surface area contributed by atoms with E-state index < -0.39 is 58.9 Å². The predicted octanol–water partition coefficient (Wildman–Crippen LogP) is 8.55. The lowest BCUT2D eigenvalue weighted by Gasteiger charge is -2.36. The minimum atomic E-state index is -6.04. The van der Waals surface area contributed by atoms with Crippen molar-refractivity contribution >= 4 is 60.5 Å². The summed E-state index contributed by atoms with van der Waals surface area (Å²) >= 11 is 7.50. The van der Waals surface area contributed by atoms with Crippen LogP contribution < -0.4 is 20.3 Å². The fraction of sp³-hybridized carbons (Fsp3) is 0.279. The number of sulfonamides is 1. The largest absolute Gasteiger partial charge is 0.501 e. The van der Waals surface area contributed by atoms with E-state index in [1.165, 1.54) is 23.9 Å². The Bertz CT molecular complexity index is 2470. The Morgan fingerprint density at radius 1 is 0.883 bits per heavy atom. The van der Waals surface area contributed by atoms with Crippen molar-refractivity contribution in [1.82, 2.24) is 10.0 Å². The monoisotopic (exact) mass is 900 g/mol. The summed E-state index contributed by atoms with van der Waals surface area (Å²) in [5.41, 5.74) is -2.73. The molecule has 17 heteroatoms. The summed E-state index contributed by atoms with van der Waals surface area (Å²) in [5.74, 6) is -0.718. The topological polar surface area (TPSA) is 145 Å². The molecule has 5 aromatic rings. The van der Waals surface area contributed by atoms with Crippen molar-refractivity contribution in [3.05, 3.63) is 137 Å². The van der Waals surface area contributed by atoms with E-state index in [1.54, 1.807) is 19.2 Å². The summed E-state index contributed by atoms with van der Waals surface area (Å²) in [6, 6.07) is 32.4. The van der Waals surface area contributed by atoms with Gasteiger partial charge in [0.15, 0.2) is 0 Å². The van der Waals surface area contributed by atoms with Crippen molar-refractivity contribution in [3.63, 3.8) is 0 Å². The maximum atomic E-state index is 14.0. The third kappa shape index (κ3) is 10.8. The Labute approximate surface area is 357 Å². The molecule has 0 aromatic heterocycles. The number of nitrogens with one attached hydrogen (secondary N) is 3. The molecule has 0 spiro atoms. The third-order valence-corrected chi connectivity index (χ3v) is 14.6. The fourth-order valence-corrected chi connectivity index (χ4v) is 10.2. The molecule has 1 heterocycles. The molecule has 0 bridgehead atoms. The van der Waals surface area contributed by atoms with E-state index in [0.717, 1.165) is 39.4 Å². The number of nitrogens with zero attached hydrogens (tertiary/aromatic N) is 1. The molecular weight excluding hydrogens is 857 g/mol. The second-order valence-electron chi connectivity index (χ2n) is 14.3. The van der Waals surface area contributed by atoms with E-state index in [4.69, 9.17) is 11.6 Å². The van der Waals surface area contributed by atoms with E-state index in [0.29, 0.717) is 55.7 Å². The summed E-state index contributed by atoms with van der Waals surface area (Å²) in [6.07, 6.45) is 1.06. The summed E-state index contributed by atoms with van der Waals surface area (Å²) in [7, 11) is -9.19. The maximum Gasteiger partial charge on any atom is 0.501 e. The van der Waals surface area contributed by atoms with Crippen LogP contribution in [0.1, 0.15) is 41.3 Å². The Balaban J connectivity index is 1.13. The van der Waals surface area contributed by atoms with Crippen LogP contribution in [0.25, 0.3) is 11.1 Å². The Morgan fingerprint density at radius 3 is 2.18 bits per heavy atom. The van der Waals surface area contributed by atoms with Gasteiger partial charge < -0.3 is 20.6 Å². The number of hydrogen-bond donors (Lipinski definition) is 4. The number of amides is 1. The van der Waals surface area contributed by atoms with Crippen LogP contribution in [0, 0.1) is 5.92 Å². The molecule has 0 saturated carbocycles. The molecule has 60 heavy (non-hydrogen) atoms. The van der Waals surface area contributed by atoms with Gasteiger partial charge >= 0.3 is 5.51 Å². The third-order valence-electron chi connectivity index (χ3n) is 10.3. The van der Waals surface area contributed by atoms with Crippen molar-refractivity contribution in [3.8, 4) is 11.1 Å². The molecule has 5 aromatic carbocycles. The molecule has 0 aliphatic carbocycles. The van der Waals surface area contributed by atoms with Gasteiger partial charge in [-0.1, -0.05) is 66.2 Å². The molecule has 1 fully saturated rings. The van der Waals surface area contributed by atoms with Crippen molar-refractivity contribution in [2.45, 2.75) is 51.6 Å². The van der Waals surface area contributed by atoms with Crippen LogP contribution in [-0.2, 0) is 19.9 Å². The zero-order valence-corrected chi connectivity index (χ0v) is 35.6. The van der Waals surface area contributed by atoms with E-state index in [9.17, 15) is 39.9 Å². The Hall–Kier alpha value is -4.58. The number of alkyl halides is 3. The lowest BCUT2D eigenvalue weighted by Crippen LogP contribution is -2.36. The van der Waals surface area contributed by atoms with E-state index in [1.807, 2.05) is 83.6 Å². The summed E-state index contributed by atoms with van der Waals surface area (Å²) in [5, 5.41) is 18.0. The quantitative estimate of drug-likeness (QED) is 0.0712. The number of carbonyl (C=O) groups is 1. The van der Waals surface area contributed by atoms with E-state index in [-0.39, 0.29) is 11.5 Å². The molecule has 1 unspecified atom stereocenters. The number of rotatable bonds is 16. The normalized spacial score (nSPS) is 15.0. The zero-order chi connectivity index (χ0) is 43.1. The summed E-state index contributed by atoms with van der Waals surface area (Å²) in [4.78, 5) is 14.1. The van der Waals surface area contributed by atoms with Gasteiger partial charge in [0, 0.05) is 46.1 Å². The number of benzene rings is 5. The molecule has 0 radical (unpaired) electrons. The standard InChI is InChI=1S/C43H44ClF3N4O6S3/c1-48-24-21-33(28-58-35-7-3-2-4-8-35)49-39-20-19-36(27-40(39)59(54,55)43(45,46)47)60(56,57)50-42(53)31-13-17-34(18-14-31)51-25-22-30(23-26-51)41(52)38-10-6-5-9-37(38)29-11-15-32(44)16-12-29/h2-20,27,30,33,41,48-49,52H,21-26,28H2,1H3,(H,50,53)/t33?,41-/m0/s1. The fourth-order valence-electron chi connectivity index (χ4n) is 7.02. The second-order valence-corrected chi connectivity index (χ2v) is 19.4. The first-order chi connectivity index (χ1) is 28.6. The van der Waals surface area contributed by atoms with Gasteiger partial charge in [-0.05, 0) is 122 Å². The van der Waals surface area contributed by atoms with Gasteiger partial charge in [-0.15, -0.1) is 11.8 Å². The van der Waals surface area contributed by atoms with Gasteiger partial charge in [0.2, 0.25) is 0 Å². The Morgan fingerprint density at radius 2 is 1.53 bits per heavy atom. The molecule has 6 rings (SSSR count). The van der Waals surface area contributed by atoms with Gasteiger partial charge in [0.1, 0.15) is 4.90 Å². The number of halogens is 4. The molecule has 2 atom stereocenters. The molecule has 10 nitrogen and oxygen atoms in total. The number of aliphatic hydroxyl groups excluding tert-OH is 1. The van der Waals surface area contributed by atoms with Crippen LogP contribution in [0.3, 0.4) is 0 Å². The van der Waals surface area contributed by atoms with Crippen LogP contribution in [0.4, 0.5) is 24.5 Å². The predicted molar refractivity (Wildman–Crippen MR) is 231 cm³/mol. The van der Waals surface area contributed by atoms with Crippen LogP contribution in [0.5, 0.6) is 0 Å². The highest BCUT2D eigenvalue weighted by molar-refractivity contribution is 7.99. The highest BCUT2D eigenvalue weighted by Crippen LogP contribution is 2.39. The number of piperidine rings is 1. The molecule has 1 aliphatic heterocycles. The first kappa shape index (κ1) is 45.0. The minimum Gasteiger partial charge on any atom is -0.388 e. The minimum absolute atomic E-state index is 0.0140. The summed E-state index contributed by atoms with van der Waals surface area (Å²) < 4.78 is 96.3. The van der Waals surface area contributed by atoms with Gasteiger partial charge in [-0.3, -0.25) is 4.79 Å². The van der Waals surface area contributed by atoms with Gasteiger partial charge in [-0.25, -0.2) is 21.6 Å². The number of anilines is 2. The molecule has 318 valence electrons. The summed E-state index contributed by atoms with van der Waals surface area (Å²) in [6.45, 7) is 1.68. The smallest absolute Gasteiger partial charge is 0.388 e. The first-order valence-electron chi connectivity index (χ1n) is 19.1. The van der Waals surface area contributed by atoms with Gasteiger partial charge in [0.25, 0.3) is 25.8 Å². The first-order valence-corrected chi connectivity index (χ1v) is 23.4. The van der Waals surface area contributed by atoms with Crippen LogP contribution >= 0.6 is 23.4 Å². The van der Waals surface area contributed by atoms with Crippen molar-refractivity contribution in [2.24, 2.45) is 5.92 Å². The molecule has 1 saturated heterocycles. The lowest BCUT2D eigenvalue weighted by molar-refractivity contribution is -0.0435. The molecule has 4 N–H and O–H groups in total.